The zero-order valence-corrected chi connectivity index (χ0v) is 10.3. The Hall–Kier alpha value is -1.12. The van der Waals surface area contributed by atoms with Crippen molar-refractivity contribution >= 4 is 5.82 Å². The Balaban J connectivity index is 2.14. The van der Waals surface area contributed by atoms with Crippen molar-refractivity contribution in [2.24, 2.45) is 0 Å². The van der Waals surface area contributed by atoms with E-state index in [0.29, 0.717) is 6.04 Å². The molecule has 1 heterocycles. The normalized spacial score (nSPS) is 16.6. The van der Waals surface area contributed by atoms with Crippen LogP contribution in [0.4, 0.5) is 5.82 Å². The number of anilines is 1. The molecule has 88 valence electrons. The summed E-state index contributed by atoms with van der Waals surface area (Å²) in [6.45, 7) is 4.44. The van der Waals surface area contributed by atoms with Crippen molar-refractivity contribution in [2.45, 2.75) is 58.4 Å². The molecule has 1 aliphatic rings. The number of aryl methyl sites for hydroxylation is 1. The van der Waals surface area contributed by atoms with E-state index in [1.165, 1.54) is 36.9 Å². The Morgan fingerprint density at radius 2 is 2.12 bits per heavy atom. The van der Waals surface area contributed by atoms with Crippen LogP contribution in [0.25, 0.3) is 0 Å². The van der Waals surface area contributed by atoms with Gasteiger partial charge in [0.2, 0.25) is 0 Å². The third kappa shape index (κ3) is 2.52. The molecule has 2 rings (SSSR count). The maximum absolute atomic E-state index is 4.39. The molecule has 0 aromatic carbocycles. The quantitative estimate of drug-likeness (QED) is 0.846. The molecule has 1 N–H and O–H groups in total. The van der Waals surface area contributed by atoms with Crippen LogP contribution in [0.2, 0.25) is 0 Å². The van der Waals surface area contributed by atoms with Crippen LogP contribution in [0.5, 0.6) is 0 Å². The van der Waals surface area contributed by atoms with Crippen molar-refractivity contribution in [3.63, 3.8) is 0 Å². The van der Waals surface area contributed by atoms with Gasteiger partial charge in [0.25, 0.3) is 0 Å². The molecule has 1 unspecified atom stereocenters. The average molecular weight is 219 g/mol. The van der Waals surface area contributed by atoms with Crippen LogP contribution in [0.15, 0.2) is 6.33 Å². The van der Waals surface area contributed by atoms with Crippen LogP contribution >= 0.6 is 0 Å². The van der Waals surface area contributed by atoms with E-state index in [2.05, 4.69) is 29.1 Å². The lowest BCUT2D eigenvalue weighted by Crippen LogP contribution is -2.19. The first-order chi connectivity index (χ1) is 7.81. The van der Waals surface area contributed by atoms with Crippen molar-refractivity contribution < 1.29 is 0 Å². The third-order valence-electron chi connectivity index (χ3n) is 3.23. The predicted octanol–water partition coefficient (Wildman–Crippen LogP) is 2.96. The van der Waals surface area contributed by atoms with E-state index in [4.69, 9.17) is 0 Å². The number of fused-ring (bicyclic) bond motifs is 1. The fraction of sp³-hybridized carbons (Fsp3) is 0.692. The Morgan fingerprint density at radius 1 is 1.31 bits per heavy atom. The predicted molar refractivity (Wildman–Crippen MR) is 66.7 cm³/mol. The van der Waals surface area contributed by atoms with Crippen LogP contribution in [0.3, 0.4) is 0 Å². The minimum absolute atomic E-state index is 0.505. The van der Waals surface area contributed by atoms with Crippen LogP contribution in [0, 0.1) is 0 Å². The lowest BCUT2D eigenvalue weighted by molar-refractivity contribution is 0.652. The lowest BCUT2D eigenvalue weighted by atomic mass is 9.96. The monoisotopic (exact) mass is 219 g/mol. The van der Waals surface area contributed by atoms with Crippen molar-refractivity contribution in [3.05, 3.63) is 17.6 Å². The number of aromatic nitrogens is 2. The smallest absolute Gasteiger partial charge is 0.133 e. The summed E-state index contributed by atoms with van der Waals surface area (Å²) in [6, 6.07) is 0.505. The SMILES string of the molecule is CCCC(C)Nc1ncnc2c1CCCC2. The second-order valence-corrected chi connectivity index (χ2v) is 4.69. The molecule has 1 aliphatic carbocycles. The number of hydrogen-bond acceptors (Lipinski definition) is 3. The van der Waals surface area contributed by atoms with Gasteiger partial charge in [0, 0.05) is 17.3 Å². The van der Waals surface area contributed by atoms with Gasteiger partial charge in [-0.15, -0.1) is 0 Å². The highest BCUT2D eigenvalue weighted by Gasteiger charge is 2.16. The van der Waals surface area contributed by atoms with Gasteiger partial charge in [0.15, 0.2) is 0 Å². The topological polar surface area (TPSA) is 37.8 Å². The number of nitrogens with zero attached hydrogens (tertiary/aromatic N) is 2. The maximum Gasteiger partial charge on any atom is 0.133 e. The Kier molecular flexibility index (Phi) is 3.75. The molecule has 0 radical (unpaired) electrons. The van der Waals surface area contributed by atoms with E-state index >= 15 is 0 Å². The summed E-state index contributed by atoms with van der Waals surface area (Å²) in [5.41, 5.74) is 2.61. The molecule has 1 aromatic rings. The molecule has 0 fully saturated rings. The summed E-state index contributed by atoms with van der Waals surface area (Å²) in [4.78, 5) is 8.77. The van der Waals surface area contributed by atoms with Gasteiger partial charge < -0.3 is 5.32 Å². The molecular weight excluding hydrogens is 198 g/mol. The first-order valence-corrected chi connectivity index (χ1v) is 6.40. The molecule has 3 heteroatoms. The van der Waals surface area contributed by atoms with Crippen LogP contribution in [-0.2, 0) is 12.8 Å². The summed E-state index contributed by atoms with van der Waals surface area (Å²) in [5.74, 6) is 1.07. The average Bonchev–Trinajstić information content (AvgIpc) is 2.30. The summed E-state index contributed by atoms with van der Waals surface area (Å²) in [5, 5.41) is 3.52. The molecule has 0 saturated carbocycles. The molecule has 1 aromatic heterocycles. The number of nitrogens with one attached hydrogen (secondary N) is 1. The van der Waals surface area contributed by atoms with Crippen molar-refractivity contribution in [1.29, 1.82) is 0 Å². The summed E-state index contributed by atoms with van der Waals surface area (Å²) >= 11 is 0. The van der Waals surface area contributed by atoms with Crippen molar-refractivity contribution in [1.82, 2.24) is 9.97 Å². The van der Waals surface area contributed by atoms with E-state index in [1.54, 1.807) is 6.33 Å². The molecular formula is C13H21N3. The zero-order chi connectivity index (χ0) is 11.4. The van der Waals surface area contributed by atoms with Gasteiger partial charge >= 0.3 is 0 Å². The van der Waals surface area contributed by atoms with E-state index in [0.717, 1.165) is 18.7 Å². The van der Waals surface area contributed by atoms with E-state index in [9.17, 15) is 0 Å². The van der Waals surface area contributed by atoms with E-state index in [-0.39, 0.29) is 0 Å². The van der Waals surface area contributed by atoms with Gasteiger partial charge in [-0.3, -0.25) is 0 Å². The largest absolute Gasteiger partial charge is 0.367 e. The fourth-order valence-electron chi connectivity index (χ4n) is 2.38. The fourth-order valence-corrected chi connectivity index (χ4v) is 2.38. The van der Waals surface area contributed by atoms with Crippen LogP contribution in [-0.4, -0.2) is 16.0 Å². The molecule has 16 heavy (non-hydrogen) atoms. The molecule has 0 saturated heterocycles. The van der Waals surface area contributed by atoms with Crippen molar-refractivity contribution in [3.8, 4) is 0 Å². The Morgan fingerprint density at radius 3 is 2.94 bits per heavy atom. The van der Waals surface area contributed by atoms with Gasteiger partial charge in [-0.1, -0.05) is 13.3 Å². The second-order valence-electron chi connectivity index (χ2n) is 4.69. The number of hydrogen-bond donors (Lipinski definition) is 1. The molecule has 0 amide bonds. The minimum atomic E-state index is 0.505. The van der Waals surface area contributed by atoms with Crippen LogP contribution in [0.1, 0.15) is 50.8 Å². The lowest BCUT2D eigenvalue weighted by Gasteiger charge is -2.20. The highest BCUT2D eigenvalue weighted by molar-refractivity contribution is 5.47. The number of rotatable bonds is 4. The molecule has 1 atom stereocenters. The Labute approximate surface area is 97.7 Å². The summed E-state index contributed by atoms with van der Waals surface area (Å²) in [7, 11) is 0. The molecule has 0 spiro atoms. The maximum atomic E-state index is 4.39. The molecule has 3 nitrogen and oxygen atoms in total. The first-order valence-electron chi connectivity index (χ1n) is 6.40. The van der Waals surface area contributed by atoms with Crippen molar-refractivity contribution in [2.75, 3.05) is 5.32 Å². The highest BCUT2D eigenvalue weighted by Crippen LogP contribution is 2.24. The molecule has 0 bridgehead atoms. The minimum Gasteiger partial charge on any atom is -0.367 e. The van der Waals surface area contributed by atoms with Crippen LogP contribution < -0.4 is 5.32 Å². The van der Waals surface area contributed by atoms with Gasteiger partial charge in [-0.2, -0.15) is 0 Å². The highest BCUT2D eigenvalue weighted by atomic mass is 15.0. The zero-order valence-electron chi connectivity index (χ0n) is 10.3. The summed E-state index contributed by atoms with van der Waals surface area (Å²) < 4.78 is 0. The summed E-state index contributed by atoms with van der Waals surface area (Å²) in [6.07, 6.45) is 8.91. The van der Waals surface area contributed by atoms with Gasteiger partial charge in [-0.25, -0.2) is 9.97 Å². The Bertz CT molecular complexity index is 349. The second kappa shape index (κ2) is 5.28. The van der Waals surface area contributed by atoms with Gasteiger partial charge in [0.1, 0.15) is 12.1 Å². The standard InChI is InChI=1S/C13H21N3/c1-3-6-10(2)16-13-11-7-4-5-8-12(11)14-9-15-13/h9-10H,3-8H2,1-2H3,(H,14,15,16). The van der Waals surface area contributed by atoms with E-state index < -0.39 is 0 Å². The molecule has 0 aliphatic heterocycles. The van der Waals surface area contributed by atoms with Gasteiger partial charge in [-0.05, 0) is 39.0 Å². The van der Waals surface area contributed by atoms with E-state index in [1.807, 2.05) is 0 Å². The van der Waals surface area contributed by atoms with Gasteiger partial charge in [0.05, 0.1) is 0 Å². The first kappa shape index (κ1) is 11.4. The third-order valence-corrected chi connectivity index (χ3v) is 3.23.